The number of nitrogens with two attached hydrogens (primary N) is 1. The van der Waals surface area contributed by atoms with Crippen LogP contribution in [0.15, 0.2) is 6.20 Å². The molecule has 1 aromatic rings. The van der Waals surface area contributed by atoms with Gasteiger partial charge in [0, 0.05) is 11.1 Å². The largest absolute Gasteiger partial charge is 0.330 e. The topological polar surface area (TPSA) is 50.9 Å². The standard InChI is InChI=1S/C12H23N3S/c1-9(5-4-6-13)7-14-11(3)12-15-8-10(2)16-12/h8-9,11,14H,4-7,13H2,1-3H3. The summed E-state index contributed by atoms with van der Waals surface area (Å²) in [5, 5.41) is 4.71. The van der Waals surface area contributed by atoms with Gasteiger partial charge in [-0.15, -0.1) is 11.3 Å². The van der Waals surface area contributed by atoms with E-state index in [1.807, 2.05) is 6.20 Å². The fraction of sp³-hybridized carbons (Fsp3) is 0.750. The van der Waals surface area contributed by atoms with Crippen LogP contribution in [0, 0.1) is 12.8 Å². The number of thiazole rings is 1. The van der Waals surface area contributed by atoms with Crippen molar-refractivity contribution in [1.82, 2.24) is 10.3 Å². The highest BCUT2D eigenvalue weighted by Gasteiger charge is 2.10. The minimum absolute atomic E-state index is 0.360. The molecule has 0 amide bonds. The van der Waals surface area contributed by atoms with E-state index in [-0.39, 0.29) is 0 Å². The second-order valence-corrected chi connectivity index (χ2v) is 5.74. The average molecular weight is 241 g/mol. The highest BCUT2D eigenvalue weighted by atomic mass is 32.1. The number of nitrogens with zero attached hydrogens (tertiary/aromatic N) is 1. The van der Waals surface area contributed by atoms with Gasteiger partial charge >= 0.3 is 0 Å². The summed E-state index contributed by atoms with van der Waals surface area (Å²) in [4.78, 5) is 5.67. The Labute approximate surface area is 102 Å². The van der Waals surface area contributed by atoms with Crippen molar-refractivity contribution < 1.29 is 0 Å². The molecule has 3 nitrogen and oxygen atoms in total. The Bertz CT molecular complexity index is 298. The van der Waals surface area contributed by atoms with E-state index < -0.39 is 0 Å². The number of aryl methyl sites for hydroxylation is 1. The average Bonchev–Trinajstić information content (AvgIpc) is 2.69. The fourth-order valence-corrected chi connectivity index (χ4v) is 2.41. The first-order chi connectivity index (χ1) is 7.63. The first-order valence-electron chi connectivity index (χ1n) is 5.99. The monoisotopic (exact) mass is 241 g/mol. The molecule has 0 aliphatic rings. The van der Waals surface area contributed by atoms with Crippen LogP contribution in [-0.4, -0.2) is 18.1 Å². The van der Waals surface area contributed by atoms with E-state index in [2.05, 4.69) is 31.1 Å². The molecule has 1 aromatic heterocycles. The van der Waals surface area contributed by atoms with Crippen LogP contribution >= 0.6 is 11.3 Å². The van der Waals surface area contributed by atoms with Crippen LogP contribution in [-0.2, 0) is 0 Å². The molecule has 92 valence electrons. The Morgan fingerprint density at radius 3 is 2.81 bits per heavy atom. The van der Waals surface area contributed by atoms with Gasteiger partial charge in [0.25, 0.3) is 0 Å². The van der Waals surface area contributed by atoms with Crippen molar-refractivity contribution in [3.63, 3.8) is 0 Å². The molecule has 16 heavy (non-hydrogen) atoms. The molecule has 0 aliphatic heterocycles. The van der Waals surface area contributed by atoms with Gasteiger partial charge in [0.2, 0.25) is 0 Å². The summed E-state index contributed by atoms with van der Waals surface area (Å²) in [6.07, 6.45) is 4.26. The third-order valence-electron chi connectivity index (χ3n) is 2.68. The van der Waals surface area contributed by atoms with E-state index in [0.29, 0.717) is 12.0 Å². The lowest BCUT2D eigenvalue weighted by Crippen LogP contribution is -2.24. The van der Waals surface area contributed by atoms with Crippen LogP contribution in [0.3, 0.4) is 0 Å². The van der Waals surface area contributed by atoms with Gasteiger partial charge in [-0.2, -0.15) is 0 Å². The van der Waals surface area contributed by atoms with Gasteiger partial charge in [0.15, 0.2) is 0 Å². The highest BCUT2D eigenvalue weighted by molar-refractivity contribution is 7.11. The summed E-state index contributed by atoms with van der Waals surface area (Å²) in [7, 11) is 0. The molecule has 0 radical (unpaired) electrons. The maximum Gasteiger partial charge on any atom is 0.109 e. The van der Waals surface area contributed by atoms with Crippen molar-refractivity contribution in [3.8, 4) is 0 Å². The van der Waals surface area contributed by atoms with Crippen LogP contribution in [0.25, 0.3) is 0 Å². The Morgan fingerprint density at radius 1 is 1.50 bits per heavy atom. The molecule has 1 heterocycles. The Kier molecular flexibility index (Phi) is 5.95. The van der Waals surface area contributed by atoms with E-state index in [0.717, 1.165) is 19.5 Å². The van der Waals surface area contributed by atoms with Crippen LogP contribution < -0.4 is 11.1 Å². The highest BCUT2D eigenvalue weighted by Crippen LogP contribution is 2.19. The second kappa shape index (κ2) is 6.99. The maximum atomic E-state index is 5.50. The van der Waals surface area contributed by atoms with Crippen molar-refractivity contribution in [2.45, 2.75) is 39.7 Å². The van der Waals surface area contributed by atoms with Crippen molar-refractivity contribution >= 4 is 11.3 Å². The molecule has 0 saturated carbocycles. The first-order valence-corrected chi connectivity index (χ1v) is 6.81. The molecule has 2 unspecified atom stereocenters. The third-order valence-corrected chi connectivity index (χ3v) is 3.78. The van der Waals surface area contributed by atoms with E-state index in [9.17, 15) is 0 Å². The molecular weight excluding hydrogens is 218 g/mol. The fourth-order valence-electron chi connectivity index (χ4n) is 1.61. The molecule has 0 aromatic carbocycles. The summed E-state index contributed by atoms with van der Waals surface area (Å²) < 4.78 is 0. The van der Waals surface area contributed by atoms with Crippen LogP contribution in [0.2, 0.25) is 0 Å². The number of aromatic nitrogens is 1. The van der Waals surface area contributed by atoms with Gasteiger partial charge in [-0.05, 0) is 45.7 Å². The quantitative estimate of drug-likeness (QED) is 0.771. The minimum Gasteiger partial charge on any atom is -0.330 e. The van der Waals surface area contributed by atoms with Crippen molar-refractivity contribution in [2.75, 3.05) is 13.1 Å². The molecule has 0 spiro atoms. The first kappa shape index (κ1) is 13.6. The minimum atomic E-state index is 0.360. The van der Waals surface area contributed by atoms with Gasteiger partial charge in [-0.1, -0.05) is 6.92 Å². The normalized spacial score (nSPS) is 15.0. The molecule has 0 fully saturated rings. The van der Waals surface area contributed by atoms with Crippen molar-refractivity contribution in [2.24, 2.45) is 11.7 Å². The Balaban J connectivity index is 2.27. The molecule has 0 saturated heterocycles. The number of nitrogens with one attached hydrogen (secondary N) is 1. The zero-order valence-electron chi connectivity index (χ0n) is 10.5. The van der Waals surface area contributed by atoms with Gasteiger partial charge < -0.3 is 11.1 Å². The molecule has 4 heteroatoms. The third kappa shape index (κ3) is 4.60. The molecule has 0 bridgehead atoms. The predicted molar refractivity (Wildman–Crippen MR) is 70.7 cm³/mol. The summed E-state index contributed by atoms with van der Waals surface area (Å²) in [5.74, 6) is 0.687. The zero-order valence-corrected chi connectivity index (χ0v) is 11.3. The summed E-state index contributed by atoms with van der Waals surface area (Å²) in [5.41, 5.74) is 5.50. The Hall–Kier alpha value is -0.450. The lowest BCUT2D eigenvalue weighted by atomic mass is 10.1. The van der Waals surface area contributed by atoms with E-state index in [4.69, 9.17) is 5.73 Å². The second-order valence-electron chi connectivity index (χ2n) is 4.48. The number of rotatable bonds is 7. The van der Waals surface area contributed by atoms with Crippen LogP contribution in [0.1, 0.15) is 42.6 Å². The summed E-state index contributed by atoms with van der Waals surface area (Å²) in [6, 6.07) is 0.360. The summed E-state index contributed by atoms with van der Waals surface area (Å²) >= 11 is 1.77. The van der Waals surface area contributed by atoms with Crippen molar-refractivity contribution in [3.05, 3.63) is 16.1 Å². The SMILES string of the molecule is Cc1cnc(C(C)NCC(C)CCCN)s1. The zero-order chi connectivity index (χ0) is 12.0. The lowest BCUT2D eigenvalue weighted by Gasteiger charge is -2.15. The smallest absolute Gasteiger partial charge is 0.109 e. The number of hydrogen-bond donors (Lipinski definition) is 2. The Morgan fingerprint density at radius 2 is 2.25 bits per heavy atom. The van der Waals surface area contributed by atoms with E-state index in [1.165, 1.54) is 16.3 Å². The van der Waals surface area contributed by atoms with Gasteiger partial charge in [0.1, 0.15) is 5.01 Å². The molecular formula is C12H23N3S. The van der Waals surface area contributed by atoms with Gasteiger partial charge in [0.05, 0.1) is 6.04 Å². The van der Waals surface area contributed by atoms with Crippen LogP contribution in [0.5, 0.6) is 0 Å². The summed E-state index contributed by atoms with van der Waals surface area (Å²) in [6.45, 7) is 8.37. The lowest BCUT2D eigenvalue weighted by molar-refractivity contribution is 0.439. The number of hydrogen-bond acceptors (Lipinski definition) is 4. The predicted octanol–water partition coefficient (Wildman–Crippen LogP) is 2.48. The molecule has 3 N–H and O–H groups in total. The van der Waals surface area contributed by atoms with Crippen LogP contribution in [0.4, 0.5) is 0 Å². The molecule has 0 aliphatic carbocycles. The van der Waals surface area contributed by atoms with Gasteiger partial charge in [-0.25, -0.2) is 4.98 Å². The van der Waals surface area contributed by atoms with Gasteiger partial charge in [-0.3, -0.25) is 0 Å². The molecule has 2 atom stereocenters. The maximum absolute atomic E-state index is 5.50. The van der Waals surface area contributed by atoms with E-state index in [1.54, 1.807) is 11.3 Å². The van der Waals surface area contributed by atoms with Crippen molar-refractivity contribution in [1.29, 1.82) is 0 Å². The molecule has 1 rings (SSSR count). The van der Waals surface area contributed by atoms with E-state index >= 15 is 0 Å².